The molecule has 0 aliphatic rings. The highest BCUT2D eigenvalue weighted by molar-refractivity contribution is 7.80. The molecular formula is C6H13NOS. The van der Waals surface area contributed by atoms with Crippen molar-refractivity contribution in [2.24, 2.45) is 0 Å². The van der Waals surface area contributed by atoms with Crippen molar-refractivity contribution in [2.75, 3.05) is 13.7 Å². The second-order valence-corrected chi connectivity index (χ2v) is 2.60. The van der Waals surface area contributed by atoms with Crippen LogP contribution in [0.15, 0.2) is 0 Å². The van der Waals surface area contributed by atoms with Gasteiger partial charge in [-0.25, -0.2) is 0 Å². The summed E-state index contributed by atoms with van der Waals surface area (Å²) in [5.74, 6) is 0. The maximum absolute atomic E-state index is 4.98. The first-order valence-electron chi connectivity index (χ1n) is 2.94. The summed E-state index contributed by atoms with van der Waals surface area (Å²) < 4.78 is 4.98. The molecule has 1 N–H and O–H groups in total. The van der Waals surface area contributed by atoms with Gasteiger partial charge < -0.3 is 10.1 Å². The van der Waals surface area contributed by atoms with Crippen LogP contribution in [0, 0.1) is 0 Å². The van der Waals surface area contributed by atoms with E-state index in [1.807, 2.05) is 13.8 Å². The van der Waals surface area contributed by atoms with Crippen LogP contribution in [0.3, 0.4) is 0 Å². The van der Waals surface area contributed by atoms with Crippen molar-refractivity contribution >= 4 is 17.2 Å². The van der Waals surface area contributed by atoms with E-state index in [4.69, 9.17) is 17.0 Å². The first-order valence-corrected chi connectivity index (χ1v) is 3.35. The zero-order valence-corrected chi connectivity index (χ0v) is 6.92. The molecule has 2 nitrogen and oxygen atoms in total. The van der Waals surface area contributed by atoms with E-state index in [9.17, 15) is 0 Å². The number of nitrogens with one attached hydrogen (secondary N) is 1. The van der Waals surface area contributed by atoms with Gasteiger partial charge in [0.05, 0.1) is 11.1 Å². The molecule has 0 heterocycles. The highest BCUT2D eigenvalue weighted by atomic mass is 32.1. The molecule has 0 rings (SSSR count). The van der Waals surface area contributed by atoms with Crippen LogP contribution in [0.2, 0.25) is 0 Å². The van der Waals surface area contributed by atoms with E-state index in [1.165, 1.54) is 0 Å². The van der Waals surface area contributed by atoms with Crippen molar-refractivity contribution in [1.82, 2.24) is 5.32 Å². The highest BCUT2D eigenvalue weighted by Gasteiger charge is 1.96. The molecule has 0 aromatic heterocycles. The lowest BCUT2D eigenvalue weighted by molar-refractivity contribution is 0.121. The topological polar surface area (TPSA) is 21.3 Å². The lowest BCUT2D eigenvalue weighted by Crippen LogP contribution is -2.28. The van der Waals surface area contributed by atoms with Crippen molar-refractivity contribution in [2.45, 2.75) is 20.0 Å². The minimum Gasteiger partial charge on any atom is -0.380 e. The summed E-state index contributed by atoms with van der Waals surface area (Å²) in [5.41, 5.74) is 0. The molecule has 0 radical (unpaired) electrons. The van der Waals surface area contributed by atoms with Gasteiger partial charge in [0.1, 0.15) is 0 Å². The third kappa shape index (κ3) is 5.73. The molecular weight excluding hydrogens is 134 g/mol. The first kappa shape index (κ1) is 8.85. The predicted molar refractivity (Wildman–Crippen MR) is 42.7 cm³/mol. The number of thiocarbonyl (C=S) groups is 1. The molecule has 0 fully saturated rings. The summed E-state index contributed by atoms with van der Waals surface area (Å²) in [6, 6.07) is 0. The lowest BCUT2D eigenvalue weighted by Gasteiger charge is -2.09. The van der Waals surface area contributed by atoms with Crippen LogP contribution in [-0.4, -0.2) is 24.7 Å². The largest absolute Gasteiger partial charge is 0.380 e. The van der Waals surface area contributed by atoms with E-state index < -0.39 is 0 Å². The number of rotatable bonds is 3. The molecule has 1 unspecified atom stereocenters. The van der Waals surface area contributed by atoms with Crippen molar-refractivity contribution in [3.05, 3.63) is 0 Å². The predicted octanol–water partition coefficient (Wildman–Crippen LogP) is 0.958. The summed E-state index contributed by atoms with van der Waals surface area (Å²) >= 11 is 4.80. The highest BCUT2D eigenvalue weighted by Crippen LogP contribution is 1.83. The fourth-order valence-electron chi connectivity index (χ4n) is 0.371. The zero-order valence-electron chi connectivity index (χ0n) is 6.10. The summed E-state index contributed by atoms with van der Waals surface area (Å²) in [5, 5.41) is 3.00. The van der Waals surface area contributed by atoms with E-state index in [0.29, 0.717) is 0 Å². The maximum Gasteiger partial charge on any atom is 0.0722 e. The van der Waals surface area contributed by atoms with Crippen LogP contribution >= 0.6 is 12.2 Å². The quantitative estimate of drug-likeness (QED) is 0.601. The monoisotopic (exact) mass is 147 g/mol. The molecule has 0 aromatic rings. The van der Waals surface area contributed by atoms with Gasteiger partial charge in [0.2, 0.25) is 0 Å². The molecule has 0 saturated heterocycles. The molecule has 3 heteroatoms. The number of hydrogen-bond acceptors (Lipinski definition) is 2. The zero-order chi connectivity index (χ0) is 7.28. The van der Waals surface area contributed by atoms with Crippen LogP contribution in [0.4, 0.5) is 0 Å². The Balaban J connectivity index is 3.16. The number of ether oxygens (including phenoxy) is 1. The standard InChI is InChI=1S/C6H13NOS/c1-5(8-3)4-7-6(2)9/h5H,4H2,1-3H3,(H,7,9). The molecule has 0 aliphatic heterocycles. The van der Waals surface area contributed by atoms with Crippen LogP contribution in [0.1, 0.15) is 13.8 Å². The Morgan fingerprint density at radius 3 is 2.67 bits per heavy atom. The van der Waals surface area contributed by atoms with E-state index in [-0.39, 0.29) is 6.10 Å². The fourth-order valence-corrected chi connectivity index (χ4v) is 0.454. The van der Waals surface area contributed by atoms with Crippen LogP contribution < -0.4 is 5.32 Å². The average Bonchev–Trinajstić information content (AvgIpc) is 1.83. The number of hydrogen-bond donors (Lipinski definition) is 1. The Morgan fingerprint density at radius 1 is 1.78 bits per heavy atom. The molecule has 54 valence electrons. The van der Waals surface area contributed by atoms with E-state index in [2.05, 4.69) is 5.32 Å². The Hall–Kier alpha value is -0.150. The van der Waals surface area contributed by atoms with Crippen molar-refractivity contribution in [3.8, 4) is 0 Å². The summed E-state index contributed by atoms with van der Waals surface area (Å²) in [6.45, 7) is 4.65. The minimum atomic E-state index is 0.239. The van der Waals surface area contributed by atoms with Gasteiger partial charge in [-0.15, -0.1) is 0 Å². The van der Waals surface area contributed by atoms with E-state index in [1.54, 1.807) is 7.11 Å². The molecule has 1 atom stereocenters. The second-order valence-electron chi connectivity index (χ2n) is 1.98. The Kier molecular flexibility index (Phi) is 4.62. The first-order chi connectivity index (χ1) is 4.16. The van der Waals surface area contributed by atoms with Crippen LogP contribution in [-0.2, 0) is 4.74 Å². The summed E-state index contributed by atoms with van der Waals surface area (Å²) in [6.07, 6.45) is 0.239. The summed E-state index contributed by atoms with van der Waals surface area (Å²) in [4.78, 5) is 0.818. The van der Waals surface area contributed by atoms with Crippen LogP contribution in [0.5, 0.6) is 0 Å². The van der Waals surface area contributed by atoms with Gasteiger partial charge in [0.25, 0.3) is 0 Å². The van der Waals surface area contributed by atoms with Gasteiger partial charge in [-0.3, -0.25) is 0 Å². The van der Waals surface area contributed by atoms with Crippen LogP contribution in [0.25, 0.3) is 0 Å². The molecule has 0 amide bonds. The van der Waals surface area contributed by atoms with Crippen molar-refractivity contribution < 1.29 is 4.74 Å². The smallest absolute Gasteiger partial charge is 0.0722 e. The molecule has 0 aliphatic carbocycles. The fraction of sp³-hybridized carbons (Fsp3) is 0.833. The SMILES string of the molecule is COC(C)CNC(C)=S. The Bertz CT molecular complexity index is 95.1. The molecule has 9 heavy (non-hydrogen) atoms. The van der Waals surface area contributed by atoms with Gasteiger partial charge in [0.15, 0.2) is 0 Å². The Labute approximate surface area is 61.6 Å². The van der Waals surface area contributed by atoms with Crippen molar-refractivity contribution in [1.29, 1.82) is 0 Å². The van der Waals surface area contributed by atoms with Gasteiger partial charge in [-0.05, 0) is 13.8 Å². The third-order valence-electron chi connectivity index (χ3n) is 1.04. The normalized spacial score (nSPS) is 12.8. The molecule has 0 aromatic carbocycles. The maximum atomic E-state index is 4.98. The second kappa shape index (κ2) is 4.70. The van der Waals surface area contributed by atoms with Gasteiger partial charge >= 0.3 is 0 Å². The Morgan fingerprint density at radius 2 is 2.33 bits per heavy atom. The molecule has 0 saturated carbocycles. The van der Waals surface area contributed by atoms with Gasteiger partial charge in [-0.1, -0.05) is 12.2 Å². The molecule has 0 bridgehead atoms. The van der Waals surface area contributed by atoms with Gasteiger partial charge in [-0.2, -0.15) is 0 Å². The molecule has 0 spiro atoms. The summed E-state index contributed by atoms with van der Waals surface area (Å²) in [7, 11) is 1.69. The average molecular weight is 147 g/mol. The third-order valence-corrected chi connectivity index (χ3v) is 1.19. The van der Waals surface area contributed by atoms with Gasteiger partial charge in [0, 0.05) is 13.7 Å². The lowest BCUT2D eigenvalue weighted by atomic mass is 10.4. The van der Waals surface area contributed by atoms with E-state index >= 15 is 0 Å². The number of methoxy groups -OCH3 is 1. The minimum absolute atomic E-state index is 0.239. The van der Waals surface area contributed by atoms with Crippen molar-refractivity contribution in [3.63, 3.8) is 0 Å². The van der Waals surface area contributed by atoms with E-state index in [0.717, 1.165) is 11.5 Å².